The van der Waals surface area contributed by atoms with E-state index in [9.17, 15) is 0 Å². The Morgan fingerprint density at radius 3 is 2.76 bits per heavy atom. The van der Waals surface area contributed by atoms with E-state index < -0.39 is 0 Å². The SMILES string of the molecule is CCCCOc1ccc(/C=N\n2c(C3CCCCC3)n[nH]c2=S)cc1. The monoisotopic (exact) mass is 358 g/mol. The van der Waals surface area contributed by atoms with Gasteiger partial charge in [0.1, 0.15) is 5.75 Å². The lowest BCUT2D eigenvalue weighted by molar-refractivity contribution is 0.309. The smallest absolute Gasteiger partial charge is 0.216 e. The fourth-order valence-electron chi connectivity index (χ4n) is 3.15. The molecule has 0 bridgehead atoms. The summed E-state index contributed by atoms with van der Waals surface area (Å²) < 4.78 is 8.01. The van der Waals surface area contributed by atoms with Crippen molar-refractivity contribution in [1.82, 2.24) is 14.9 Å². The van der Waals surface area contributed by atoms with Crippen LogP contribution in [0.25, 0.3) is 0 Å². The predicted molar refractivity (Wildman–Crippen MR) is 103 cm³/mol. The predicted octanol–water partition coefficient (Wildman–Crippen LogP) is 5.05. The van der Waals surface area contributed by atoms with Crippen LogP contribution in [0.3, 0.4) is 0 Å². The van der Waals surface area contributed by atoms with Gasteiger partial charge in [-0.05, 0) is 61.3 Å². The lowest BCUT2D eigenvalue weighted by atomic mass is 9.89. The van der Waals surface area contributed by atoms with Crippen molar-refractivity contribution in [2.45, 2.75) is 57.8 Å². The molecular weight excluding hydrogens is 332 g/mol. The number of hydrogen-bond donors (Lipinski definition) is 1. The summed E-state index contributed by atoms with van der Waals surface area (Å²) in [6.07, 6.45) is 10.2. The molecule has 1 fully saturated rings. The molecule has 1 aliphatic carbocycles. The molecule has 0 unspecified atom stereocenters. The van der Waals surface area contributed by atoms with Crippen LogP contribution in [-0.2, 0) is 0 Å². The number of benzene rings is 1. The number of aromatic amines is 1. The van der Waals surface area contributed by atoms with E-state index in [1.165, 1.54) is 32.1 Å². The molecule has 0 radical (unpaired) electrons. The number of nitrogens with zero attached hydrogens (tertiary/aromatic N) is 3. The van der Waals surface area contributed by atoms with Gasteiger partial charge in [0, 0.05) is 5.92 Å². The van der Waals surface area contributed by atoms with Gasteiger partial charge in [-0.15, -0.1) is 0 Å². The standard InChI is InChI=1S/C19H26N4OS/c1-2-3-13-24-17-11-9-15(10-12-17)14-20-23-18(21-22-19(23)25)16-7-5-4-6-8-16/h9-12,14,16H,2-8,13H2,1H3,(H,22,25)/b20-14-. The zero-order valence-corrected chi connectivity index (χ0v) is 15.6. The minimum atomic E-state index is 0.452. The molecule has 2 aromatic rings. The average Bonchev–Trinajstić information content (AvgIpc) is 3.02. The van der Waals surface area contributed by atoms with Gasteiger partial charge in [0.05, 0.1) is 12.8 Å². The third-order valence-electron chi connectivity index (χ3n) is 4.61. The molecule has 25 heavy (non-hydrogen) atoms. The fourth-order valence-corrected chi connectivity index (χ4v) is 3.34. The van der Waals surface area contributed by atoms with Crippen molar-refractivity contribution in [3.05, 3.63) is 40.4 Å². The topological polar surface area (TPSA) is 55.2 Å². The summed E-state index contributed by atoms with van der Waals surface area (Å²) in [5.74, 6) is 2.31. The summed E-state index contributed by atoms with van der Waals surface area (Å²) in [6.45, 7) is 2.92. The molecule has 1 heterocycles. The minimum Gasteiger partial charge on any atom is -0.494 e. The molecule has 0 amide bonds. The van der Waals surface area contributed by atoms with E-state index in [2.05, 4.69) is 22.2 Å². The molecule has 5 nitrogen and oxygen atoms in total. The molecular formula is C19H26N4OS. The first-order valence-electron chi connectivity index (χ1n) is 9.22. The molecule has 0 atom stereocenters. The Bertz CT molecular complexity index is 742. The summed E-state index contributed by atoms with van der Waals surface area (Å²) in [6, 6.07) is 7.98. The van der Waals surface area contributed by atoms with Crippen LogP contribution < -0.4 is 4.74 Å². The van der Waals surface area contributed by atoms with Crippen molar-refractivity contribution < 1.29 is 4.74 Å². The Morgan fingerprint density at radius 2 is 2.04 bits per heavy atom. The van der Waals surface area contributed by atoms with Crippen LogP contribution in [0.4, 0.5) is 0 Å². The average molecular weight is 359 g/mol. The lowest BCUT2D eigenvalue weighted by Gasteiger charge is -2.19. The van der Waals surface area contributed by atoms with Crippen molar-refractivity contribution >= 4 is 18.4 Å². The number of nitrogens with one attached hydrogen (secondary N) is 1. The van der Waals surface area contributed by atoms with E-state index in [-0.39, 0.29) is 0 Å². The van der Waals surface area contributed by atoms with Gasteiger partial charge >= 0.3 is 0 Å². The molecule has 1 N–H and O–H groups in total. The number of H-pyrrole nitrogens is 1. The van der Waals surface area contributed by atoms with Crippen molar-refractivity contribution in [2.24, 2.45) is 5.10 Å². The number of unbranched alkanes of at least 4 members (excludes halogenated alkanes) is 1. The number of ether oxygens (including phenoxy) is 1. The Kier molecular flexibility index (Phi) is 6.39. The highest BCUT2D eigenvalue weighted by Gasteiger charge is 2.21. The summed E-state index contributed by atoms with van der Waals surface area (Å²) in [4.78, 5) is 0. The fraction of sp³-hybridized carbons (Fsp3) is 0.526. The van der Waals surface area contributed by atoms with E-state index in [1.54, 1.807) is 4.68 Å². The van der Waals surface area contributed by atoms with E-state index in [0.717, 1.165) is 36.6 Å². The molecule has 1 saturated carbocycles. The molecule has 1 aromatic heterocycles. The van der Waals surface area contributed by atoms with Gasteiger partial charge in [-0.2, -0.15) is 14.9 Å². The molecule has 0 saturated heterocycles. The van der Waals surface area contributed by atoms with Gasteiger partial charge in [0.25, 0.3) is 0 Å². The Morgan fingerprint density at radius 1 is 1.28 bits per heavy atom. The van der Waals surface area contributed by atoms with Crippen molar-refractivity contribution in [3.63, 3.8) is 0 Å². The Balaban J connectivity index is 1.69. The normalized spacial score (nSPS) is 15.7. The van der Waals surface area contributed by atoms with Gasteiger partial charge < -0.3 is 4.74 Å². The van der Waals surface area contributed by atoms with Crippen molar-refractivity contribution in [2.75, 3.05) is 6.61 Å². The van der Waals surface area contributed by atoms with Crippen molar-refractivity contribution in [1.29, 1.82) is 0 Å². The number of hydrogen-bond acceptors (Lipinski definition) is 4. The van der Waals surface area contributed by atoms with E-state index in [4.69, 9.17) is 17.0 Å². The van der Waals surface area contributed by atoms with Crippen molar-refractivity contribution in [3.8, 4) is 5.75 Å². The molecule has 0 aliphatic heterocycles. The first kappa shape index (κ1) is 17.9. The molecule has 1 aliphatic rings. The zero-order valence-electron chi connectivity index (χ0n) is 14.8. The summed E-state index contributed by atoms with van der Waals surface area (Å²) >= 11 is 5.35. The van der Waals surface area contributed by atoms with Crippen LogP contribution in [0.2, 0.25) is 0 Å². The second-order valence-corrected chi connectivity index (χ2v) is 6.94. The molecule has 1 aromatic carbocycles. The quantitative estimate of drug-likeness (QED) is 0.428. The number of rotatable bonds is 7. The summed E-state index contributed by atoms with van der Waals surface area (Å²) in [7, 11) is 0. The van der Waals surface area contributed by atoms with Gasteiger partial charge in [-0.3, -0.25) is 5.10 Å². The van der Waals surface area contributed by atoms with Crippen LogP contribution >= 0.6 is 12.2 Å². The highest BCUT2D eigenvalue weighted by atomic mass is 32.1. The van der Waals surface area contributed by atoms with Gasteiger partial charge in [-0.1, -0.05) is 32.6 Å². The molecule has 134 valence electrons. The third kappa shape index (κ3) is 4.78. The second-order valence-electron chi connectivity index (χ2n) is 6.55. The Labute approximate surface area is 154 Å². The highest BCUT2D eigenvalue weighted by molar-refractivity contribution is 7.71. The van der Waals surface area contributed by atoms with Crippen LogP contribution in [0.1, 0.15) is 69.2 Å². The van der Waals surface area contributed by atoms with Crippen LogP contribution in [0, 0.1) is 4.77 Å². The van der Waals surface area contributed by atoms with E-state index in [0.29, 0.717) is 10.7 Å². The first-order chi connectivity index (χ1) is 12.3. The van der Waals surface area contributed by atoms with Gasteiger partial charge in [0.15, 0.2) is 5.82 Å². The van der Waals surface area contributed by atoms with Gasteiger partial charge in [-0.25, -0.2) is 0 Å². The molecule has 0 spiro atoms. The highest BCUT2D eigenvalue weighted by Crippen LogP contribution is 2.31. The first-order valence-corrected chi connectivity index (χ1v) is 9.63. The van der Waals surface area contributed by atoms with E-state index in [1.807, 2.05) is 30.5 Å². The van der Waals surface area contributed by atoms with E-state index >= 15 is 0 Å². The summed E-state index contributed by atoms with van der Waals surface area (Å²) in [5.41, 5.74) is 1.01. The Hall–Kier alpha value is -1.95. The maximum Gasteiger partial charge on any atom is 0.216 e. The van der Waals surface area contributed by atoms with Crippen LogP contribution in [-0.4, -0.2) is 27.7 Å². The summed E-state index contributed by atoms with van der Waals surface area (Å²) in [5, 5.41) is 11.9. The second kappa shape index (κ2) is 8.94. The number of aromatic nitrogens is 3. The van der Waals surface area contributed by atoms with Crippen LogP contribution in [0.15, 0.2) is 29.4 Å². The minimum absolute atomic E-state index is 0.452. The molecule has 3 rings (SSSR count). The zero-order chi connectivity index (χ0) is 17.5. The molecule has 6 heteroatoms. The van der Waals surface area contributed by atoms with Crippen LogP contribution in [0.5, 0.6) is 5.75 Å². The lowest BCUT2D eigenvalue weighted by Crippen LogP contribution is -2.10. The maximum absolute atomic E-state index is 5.69. The largest absolute Gasteiger partial charge is 0.494 e. The van der Waals surface area contributed by atoms with Gasteiger partial charge in [0.2, 0.25) is 4.77 Å². The third-order valence-corrected chi connectivity index (χ3v) is 4.88. The maximum atomic E-state index is 5.69.